The summed E-state index contributed by atoms with van der Waals surface area (Å²) in [6.45, 7) is 6.35. The zero-order valence-corrected chi connectivity index (χ0v) is 49.0. The number of hydrogen-bond donors (Lipinski definition) is 0. The number of ether oxygens (including phenoxy) is 3. The maximum atomic E-state index is 12.9. The van der Waals surface area contributed by atoms with Gasteiger partial charge in [0.05, 0.1) is 0 Å². The second kappa shape index (κ2) is 62.8. The molecule has 428 valence electrons. The first-order chi connectivity index (χ1) is 37.5. The van der Waals surface area contributed by atoms with Gasteiger partial charge in [0.25, 0.3) is 0 Å². The summed E-state index contributed by atoms with van der Waals surface area (Å²) in [7, 11) is 0. The molecule has 0 radical (unpaired) electrons. The Labute approximate surface area is 467 Å². The van der Waals surface area contributed by atoms with Gasteiger partial charge in [-0.3, -0.25) is 14.4 Å². The summed E-state index contributed by atoms with van der Waals surface area (Å²) in [4.78, 5) is 38.3. The number of unbranched alkanes of at least 4 members (excludes halogenated alkanes) is 19. The van der Waals surface area contributed by atoms with Crippen LogP contribution in [0.2, 0.25) is 0 Å². The molecular weight excluding hydrogens is 937 g/mol. The van der Waals surface area contributed by atoms with Crippen LogP contribution in [0.3, 0.4) is 0 Å². The van der Waals surface area contributed by atoms with Crippen molar-refractivity contribution in [2.75, 3.05) is 13.2 Å². The highest BCUT2D eigenvalue weighted by Gasteiger charge is 2.19. The van der Waals surface area contributed by atoms with E-state index >= 15 is 0 Å². The fraction of sp³-hybridized carbons (Fsp3) is 0.614. The predicted octanol–water partition coefficient (Wildman–Crippen LogP) is 21.2. The van der Waals surface area contributed by atoms with E-state index in [0.29, 0.717) is 19.3 Å². The molecule has 0 rings (SSSR count). The number of rotatable bonds is 54. The molecule has 0 aliphatic carbocycles. The van der Waals surface area contributed by atoms with Gasteiger partial charge in [-0.15, -0.1) is 0 Å². The van der Waals surface area contributed by atoms with Gasteiger partial charge in [-0.2, -0.15) is 0 Å². The van der Waals surface area contributed by atoms with Crippen LogP contribution in [0.1, 0.15) is 258 Å². The predicted molar refractivity (Wildman–Crippen MR) is 329 cm³/mol. The number of carbonyl (C=O) groups is 3. The first-order valence-corrected chi connectivity index (χ1v) is 30.8. The Hall–Kier alpha value is -4.71. The third-order valence-electron chi connectivity index (χ3n) is 12.6. The maximum absolute atomic E-state index is 12.9. The fourth-order valence-corrected chi connectivity index (χ4v) is 8.00. The Morgan fingerprint density at radius 3 is 0.816 bits per heavy atom. The van der Waals surface area contributed by atoms with E-state index in [2.05, 4.69) is 167 Å². The summed E-state index contributed by atoms with van der Waals surface area (Å²) >= 11 is 0. The lowest BCUT2D eigenvalue weighted by Crippen LogP contribution is -2.30. The lowest BCUT2D eigenvalue weighted by Gasteiger charge is -2.18. The largest absolute Gasteiger partial charge is 0.462 e. The minimum atomic E-state index is -0.806. The molecule has 0 aromatic heterocycles. The minimum Gasteiger partial charge on any atom is -0.462 e. The number of hydrogen-bond acceptors (Lipinski definition) is 6. The molecular formula is C70H112O6. The first-order valence-electron chi connectivity index (χ1n) is 30.8. The van der Waals surface area contributed by atoms with Crippen molar-refractivity contribution >= 4 is 17.9 Å². The van der Waals surface area contributed by atoms with E-state index in [9.17, 15) is 14.4 Å². The lowest BCUT2D eigenvalue weighted by atomic mass is 10.1. The summed E-state index contributed by atoms with van der Waals surface area (Å²) in [5, 5.41) is 0. The summed E-state index contributed by atoms with van der Waals surface area (Å²) < 4.78 is 16.9. The molecule has 0 spiro atoms. The van der Waals surface area contributed by atoms with Crippen molar-refractivity contribution in [1.82, 2.24) is 0 Å². The van der Waals surface area contributed by atoms with Gasteiger partial charge in [0.2, 0.25) is 0 Å². The third-order valence-corrected chi connectivity index (χ3v) is 12.6. The second-order valence-corrected chi connectivity index (χ2v) is 19.8. The molecule has 0 aliphatic heterocycles. The van der Waals surface area contributed by atoms with Crippen LogP contribution in [0, 0.1) is 0 Å². The van der Waals surface area contributed by atoms with E-state index in [0.717, 1.165) is 173 Å². The number of carbonyl (C=O) groups excluding carboxylic acids is 3. The average Bonchev–Trinajstić information content (AvgIpc) is 3.42. The molecule has 0 heterocycles. The van der Waals surface area contributed by atoms with Crippen LogP contribution in [0.15, 0.2) is 146 Å². The smallest absolute Gasteiger partial charge is 0.306 e. The van der Waals surface area contributed by atoms with Gasteiger partial charge >= 0.3 is 17.9 Å². The normalized spacial score (nSPS) is 13.1. The van der Waals surface area contributed by atoms with Crippen LogP contribution in [0.25, 0.3) is 0 Å². The van der Waals surface area contributed by atoms with Crippen molar-refractivity contribution in [2.24, 2.45) is 0 Å². The van der Waals surface area contributed by atoms with Crippen molar-refractivity contribution in [3.05, 3.63) is 146 Å². The summed E-state index contributed by atoms with van der Waals surface area (Å²) in [5.74, 6) is -0.946. The van der Waals surface area contributed by atoms with Gasteiger partial charge in [0.15, 0.2) is 6.10 Å². The van der Waals surface area contributed by atoms with E-state index in [1.54, 1.807) is 0 Å². The second-order valence-electron chi connectivity index (χ2n) is 19.8. The van der Waals surface area contributed by atoms with Crippen molar-refractivity contribution in [2.45, 2.75) is 264 Å². The molecule has 1 unspecified atom stereocenters. The van der Waals surface area contributed by atoms with E-state index in [-0.39, 0.29) is 31.1 Å². The Balaban J connectivity index is 4.43. The Morgan fingerprint density at radius 2 is 0.513 bits per heavy atom. The van der Waals surface area contributed by atoms with Gasteiger partial charge < -0.3 is 14.2 Å². The topological polar surface area (TPSA) is 78.9 Å². The molecule has 0 fully saturated rings. The molecule has 0 aromatic carbocycles. The molecule has 6 heteroatoms. The standard InChI is InChI=1S/C70H112O6/c1-4-7-10-13-16-19-22-25-27-29-31-33-34-35-36-38-39-41-43-45-48-51-54-57-60-63-69(72)75-66-67(65-74-68(71)62-59-56-53-50-47-24-21-18-15-12-9-6-3)76-70(73)64-61-58-55-52-49-46-44-42-40-37-32-30-28-26-23-20-17-14-11-8-5-2/h7-8,10-11,16-21,25-28,31-33,35-37,39,41-42,44,67H,4-6,9,12-15,22-24,29-30,34,38,40,43,45-66H2,1-3H3/b10-7-,11-8-,19-16-,20-17-,21-18-,27-25-,28-26-,33-31-,36-35-,37-32-,41-39-,44-42-. The Bertz CT molecular complexity index is 1680. The molecule has 0 N–H and O–H groups in total. The lowest BCUT2D eigenvalue weighted by molar-refractivity contribution is -0.167. The SMILES string of the molecule is CC/C=C\C/C=C\C/C=C\C/C=C\C/C=C\C/C=C\CCCCCCCCC(=O)OCC(COC(=O)CCCCCCC/C=C\CCCCC)OC(=O)CCCCCCC/C=C\C/C=C\C/C=C\C/C=C\C/C=C\CC. The van der Waals surface area contributed by atoms with Gasteiger partial charge in [0.1, 0.15) is 13.2 Å². The highest BCUT2D eigenvalue weighted by Crippen LogP contribution is 2.14. The molecule has 0 amide bonds. The quantitative estimate of drug-likeness (QED) is 0.0261. The van der Waals surface area contributed by atoms with E-state index in [1.165, 1.54) is 44.9 Å². The highest BCUT2D eigenvalue weighted by molar-refractivity contribution is 5.71. The van der Waals surface area contributed by atoms with Crippen LogP contribution >= 0.6 is 0 Å². The summed E-state index contributed by atoms with van der Waals surface area (Å²) in [6, 6.07) is 0. The summed E-state index contributed by atoms with van der Waals surface area (Å²) in [5.41, 5.74) is 0. The molecule has 0 bridgehead atoms. The van der Waals surface area contributed by atoms with Crippen LogP contribution in [-0.2, 0) is 28.6 Å². The van der Waals surface area contributed by atoms with Gasteiger partial charge in [-0.05, 0) is 141 Å². The van der Waals surface area contributed by atoms with Gasteiger partial charge in [-0.25, -0.2) is 0 Å². The minimum absolute atomic E-state index is 0.100. The average molecular weight is 1050 g/mol. The molecule has 1 atom stereocenters. The van der Waals surface area contributed by atoms with E-state index < -0.39 is 6.10 Å². The molecule has 0 saturated heterocycles. The fourth-order valence-electron chi connectivity index (χ4n) is 8.00. The number of esters is 3. The molecule has 6 nitrogen and oxygen atoms in total. The van der Waals surface area contributed by atoms with Crippen LogP contribution in [0.4, 0.5) is 0 Å². The zero-order chi connectivity index (χ0) is 55.0. The summed E-state index contributed by atoms with van der Waals surface area (Å²) in [6.07, 6.45) is 89.8. The van der Waals surface area contributed by atoms with Crippen LogP contribution in [0.5, 0.6) is 0 Å². The van der Waals surface area contributed by atoms with Crippen LogP contribution in [-0.4, -0.2) is 37.2 Å². The van der Waals surface area contributed by atoms with E-state index in [1.807, 2.05) is 0 Å². The zero-order valence-electron chi connectivity index (χ0n) is 49.0. The molecule has 76 heavy (non-hydrogen) atoms. The first kappa shape index (κ1) is 71.3. The van der Waals surface area contributed by atoms with E-state index in [4.69, 9.17) is 14.2 Å². The van der Waals surface area contributed by atoms with Crippen molar-refractivity contribution in [3.8, 4) is 0 Å². The highest BCUT2D eigenvalue weighted by atomic mass is 16.6. The monoisotopic (exact) mass is 1050 g/mol. The molecule has 0 saturated carbocycles. The van der Waals surface area contributed by atoms with Crippen LogP contribution < -0.4 is 0 Å². The maximum Gasteiger partial charge on any atom is 0.306 e. The van der Waals surface area contributed by atoms with Crippen molar-refractivity contribution < 1.29 is 28.6 Å². The van der Waals surface area contributed by atoms with Crippen molar-refractivity contribution in [1.29, 1.82) is 0 Å². The Morgan fingerprint density at radius 1 is 0.276 bits per heavy atom. The molecule has 0 aromatic rings. The molecule has 0 aliphatic rings. The number of allylic oxidation sites excluding steroid dienone is 24. The van der Waals surface area contributed by atoms with Gasteiger partial charge in [0, 0.05) is 19.3 Å². The third kappa shape index (κ3) is 60.2. The Kier molecular flexibility index (Phi) is 58.9. The van der Waals surface area contributed by atoms with Crippen molar-refractivity contribution in [3.63, 3.8) is 0 Å². The van der Waals surface area contributed by atoms with Gasteiger partial charge in [-0.1, -0.05) is 244 Å².